The van der Waals surface area contributed by atoms with E-state index in [-0.39, 0.29) is 34.1 Å². The topological polar surface area (TPSA) is 212 Å². The molecule has 42 heavy (non-hydrogen) atoms. The number of aromatic nitrogens is 5. The zero-order valence-corrected chi connectivity index (χ0v) is 23.7. The highest BCUT2D eigenvalue weighted by molar-refractivity contribution is 8.01. The van der Waals surface area contributed by atoms with Crippen LogP contribution in [0.4, 0.5) is 0 Å². The number of β-lactam (4-membered cyclic amide) rings is 1. The highest BCUT2D eigenvalue weighted by Crippen LogP contribution is 2.41. The third-order valence-corrected chi connectivity index (χ3v) is 9.01. The fourth-order valence-electron chi connectivity index (χ4n) is 4.45. The quantitative estimate of drug-likeness (QED) is 0.159. The molecule has 3 amide bonds. The van der Waals surface area contributed by atoms with Crippen LogP contribution in [0.3, 0.4) is 0 Å². The molecule has 0 bridgehead atoms. The van der Waals surface area contributed by atoms with Gasteiger partial charge in [-0.15, -0.1) is 16.9 Å². The Morgan fingerprint density at radius 1 is 1.24 bits per heavy atom. The van der Waals surface area contributed by atoms with E-state index in [1.165, 1.54) is 64.7 Å². The SMILES string of the molecule is Cc1cc(=O)c(C(=O)NC(C(=O)NC2C(=O)N3C(C(=O)O)=C(CSc4nnnn4C)CS[C@@H]23)c2ccc(O)cc2)c[nH]1. The monoisotopic (exact) mass is 612 g/mol. The van der Waals surface area contributed by atoms with Gasteiger partial charge in [-0.1, -0.05) is 23.9 Å². The number of fused-ring (bicyclic) bond motifs is 1. The number of aliphatic carboxylic acids is 1. The number of phenols is 1. The molecule has 1 fully saturated rings. The van der Waals surface area contributed by atoms with Crippen molar-refractivity contribution in [2.24, 2.45) is 7.05 Å². The number of nitrogens with zero attached hydrogens (tertiary/aromatic N) is 5. The first-order valence-electron chi connectivity index (χ1n) is 12.4. The molecule has 2 aliphatic rings. The van der Waals surface area contributed by atoms with Crippen molar-refractivity contribution in [1.82, 2.24) is 40.7 Å². The van der Waals surface area contributed by atoms with Gasteiger partial charge in [0, 0.05) is 36.5 Å². The van der Waals surface area contributed by atoms with E-state index in [9.17, 15) is 34.2 Å². The van der Waals surface area contributed by atoms with Gasteiger partial charge in [-0.2, -0.15) is 0 Å². The van der Waals surface area contributed by atoms with Crippen LogP contribution in [-0.2, 0) is 21.4 Å². The Morgan fingerprint density at radius 2 is 1.98 bits per heavy atom. The zero-order valence-electron chi connectivity index (χ0n) is 22.1. The molecule has 1 aromatic carbocycles. The predicted octanol–water partition coefficient (Wildman–Crippen LogP) is -0.0856. The average Bonchev–Trinajstić information content (AvgIpc) is 3.37. The standard InChI is InChI=1S/C25H24N8O7S2/c1-11-7-16(35)15(8-26-11)20(36)27-17(12-3-5-14(34)6-4-12)21(37)28-18-22(38)33-19(24(39)40)13(9-41-23(18)33)10-42-25-29-30-31-32(25)2/h3-8,17-18,23,34H,9-10H2,1-2H3,(H,26,35)(H,27,36)(H,28,37)(H,39,40)/t17?,18?,23-/m0/s1. The number of carbonyl (C=O) groups excluding carboxylic acids is 3. The lowest BCUT2D eigenvalue weighted by Crippen LogP contribution is -2.71. The number of tetrazole rings is 1. The molecule has 218 valence electrons. The number of hydrogen-bond donors (Lipinski definition) is 5. The van der Waals surface area contributed by atoms with E-state index in [1.807, 2.05) is 0 Å². The normalized spacial score (nSPS) is 18.6. The summed E-state index contributed by atoms with van der Waals surface area (Å²) in [6.45, 7) is 1.65. The number of aromatic hydroxyl groups is 1. The summed E-state index contributed by atoms with van der Waals surface area (Å²) in [6, 6.07) is 4.35. The molecule has 3 atom stereocenters. The molecule has 0 spiro atoms. The van der Waals surface area contributed by atoms with Crippen molar-refractivity contribution < 1.29 is 29.4 Å². The van der Waals surface area contributed by atoms with E-state index in [4.69, 9.17) is 0 Å². The van der Waals surface area contributed by atoms with Gasteiger partial charge in [0.1, 0.15) is 34.5 Å². The molecular weight excluding hydrogens is 588 g/mol. The van der Waals surface area contributed by atoms with Crippen LogP contribution in [0, 0.1) is 6.92 Å². The van der Waals surface area contributed by atoms with E-state index in [0.29, 0.717) is 16.4 Å². The molecule has 0 radical (unpaired) electrons. The van der Waals surface area contributed by atoms with Gasteiger partial charge in [0.2, 0.25) is 11.1 Å². The third-order valence-electron chi connectivity index (χ3n) is 6.57. The van der Waals surface area contributed by atoms with E-state index in [0.717, 1.165) is 4.90 Å². The number of hydrogen-bond acceptors (Lipinski definition) is 11. The molecule has 15 nitrogen and oxygen atoms in total. The van der Waals surface area contributed by atoms with Gasteiger partial charge >= 0.3 is 5.97 Å². The van der Waals surface area contributed by atoms with E-state index < -0.39 is 46.6 Å². The summed E-state index contributed by atoms with van der Waals surface area (Å²) in [5.74, 6) is -3.02. The second-order valence-corrected chi connectivity index (χ2v) is 11.5. The molecule has 3 aromatic rings. The minimum atomic E-state index is -1.34. The highest BCUT2D eigenvalue weighted by Gasteiger charge is 2.54. The van der Waals surface area contributed by atoms with Crippen LogP contribution in [-0.4, -0.2) is 86.9 Å². The summed E-state index contributed by atoms with van der Waals surface area (Å²) >= 11 is 2.52. The third kappa shape index (κ3) is 5.60. The molecular formula is C25H24N8O7S2. The molecule has 0 saturated carbocycles. The van der Waals surface area contributed by atoms with Crippen LogP contribution < -0.4 is 16.1 Å². The lowest BCUT2D eigenvalue weighted by atomic mass is 10.0. The molecule has 17 heteroatoms. The highest BCUT2D eigenvalue weighted by atomic mass is 32.2. The largest absolute Gasteiger partial charge is 0.508 e. The fourth-order valence-corrected chi connectivity index (χ4v) is 6.79. The van der Waals surface area contributed by atoms with Crippen molar-refractivity contribution in [2.75, 3.05) is 11.5 Å². The van der Waals surface area contributed by atoms with Crippen LogP contribution >= 0.6 is 23.5 Å². The first-order valence-corrected chi connectivity index (χ1v) is 14.4. The van der Waals surface area contributed by atoms with Gasteiger partial charge < -0.3 is 25.8 Å². The van der Waals surface area contributed by atoms with Crippen LogP contribution in [0.1, 0.15) is 27.7 Å². The Hall–Kier alpha value is -4.64. The summed E-state index contributed by atoms with van der Waals surface area (Å²) in [4.78, 5) is 68.1. The van der Waals surface area contributed by atoms with Crippen molar-refractivity contribution in [3.8, 4) is 5.75 Å². The molecule has 2 aromatic heterocycles. The van der Waals surface area contributed by atoms with Gasteiger partial charge in [0.05, 0.1) is 0 Å². The smallest absolute Gasteiger partial charge is 0.352 e. The van der Waals surface area contributed by atoms with Crippen molar-refractivity contribution in [2.45, 2.75) is 29.5 Å². The second-order valence-electron chi connectivity index (χ2n) is 9.42. The first-order chi connectivity index (χ1) is 20.0. The number of pyridine rings is 1. The van der Waals surface area contributed by atoms with Gasteiger partial charge in [-0.3, -0.25) is 24.1 Å². The Balaban J connectivity index is 1.34. The van der Waals surface area contributed by atoms with Crippen molar-refractivity contribution in [1.29, 1.82) is 0 Å². The van der Waals surface area contributed by atoms with Crippen LogP contribution in [0.15, 0.2) is 57.7 Å². The van der Waals surface area contributed by atoms with Crippen LogP contribution in [0.2, 0.25) is 0 Å². The Bertz CT molecular complexity index is 1670. The van der Waals surface area contributed by atoms with Gasteiger partial charge in [0.25, 0.3) is 11.8 Å². The Morgan fingerprint density at radius 3 is 2.62 bits per heavy atom. The molecule has 5 N–H and O–H groups in total. The molecule has 2 aliphatic heterocycles. The number of benzene rings is 1. The minimum absolute atomic E-state index is 0.0694. The molecule has 2 unspecified atom stereocenters. The number of phenolic OH excluding ortho intramolecular Hbond substituents is 1. The van der Waals surface area contributed by atoms with E-state index in [2.05, 4.69) is 31.1 Å². The predicted molar refractivity (Wildman–Crippen MR) is 149 cm³/mol. The first kappa shape index (κ1) is 28.9. The maximum atomic E-state index is 13.5. The van der Waals surface area contributed by atoms with E-state index >= 15 is 0 Å². The number of aryl methyl sites for hydroxylation is 2. The molecule has 4 heterocycles. The second kappa shape index (κ2) is 11.7. The van der Waals surface area contributed by atoms with Gasteiger partial charge in [0.15, 0.2) is 5.43 Å². The zero-order chi connectivity index (χ0) is 30.1. The lowest BCUT2D eigenvalue weighted by Gasteiger charge is -2.49. The number of aromatic amines is 1. The molecule has 5 rings (SSSR count). The number of rotatable bonds is 9. The number of carboxylic acids is 1. The van der Waals surface area contributed by atoms with Gasteiger partial charge in [-0.25, -0.2) is 9.48 Å². The number of H-pyrrole nitrogens is 1. The summed E-state index contributed by atoms with van der Waals surface area (Å²) in [5.41, 5.74) is 0.417. The minimum Gasteiger partial charge on any atom is -0.508 e. The van der Waals surface area contributed by atoms with Crippen molar-refractivity contribution in [3.63, 3.8) is 0 Å². The summed E-state index contributed by atoms with van der Waals surface area (Å²) in [5, 5.41) is 35.8. The van der Waals surface area contributed by atoms with Gasteiger partial charge in [-0.05, 0) is 40.6 Å². The number of amides is 3. The van der Waals surface area contributed by atoms with Crippen molar-refractivity contribution in [3.05, 3.63) is 74.8 Å². The summed E-state index contributed by atoms with van der Waals surface area (Å²) in [7, 11) is 1.65. The number of thioether (sulfide) groups is 2. The Labute approximate surface area is 245 Å². The summed E-state index contributed by atoms with van der Waals surface area (Å²) < 4.78 is 1.45. The Kier molecular flexibility index (Phi) is 8.04. The van der Waals surface area contributed by atoms with Crippen molar-refractivity contribution >= 4 is 47.2 Å². The van der Waals surface area contributed by atoms with Crippen LogP contribution in [0.5, 0.6) is 5.75 Å². The molecule has 0 aliphatic carbocycles. The number of carbonyl (C=O) groups is 4. The number of nitrogens with one attached hydrogen (secondary N) is 3. The molecule has 1 saturated heterocycles. The lowest BCUT2D eigenvalue weighted by molar-refractivity contribution is -0.151. The number of carboxylic acid groups (broad SMARTS) is 1. The van der Waals surface area contributed by atoms with E-state index in [1.54, 1.807) is 14.0 Å². The maximum absolute atomic E-state index is 13.5. The maximum Gasteiger partial charge on any atom is 0.352 e. The fraction of sp³-hybridized carbons (Fsp3) is 0.280. The van der Waals surface area contributed by atoms with Crippen LogP contribution in [0.25, 0.3) is 0 Å². The average molecular weight is 613 g/mol. The summed E-state index contributed by atoms with van der Waals surface area (Å²) in [6.07, 6.45) is 1.24.